The molecule has 1 aliphatic heterocycles. The Labute approximate surface area is 133 Å². The molecule has 122 valence electrons. The van der Waals surface area contributed by atoms with Crippen molar-refractivity contribution in [3.05, 3.63) is 17.0 Å². The normalized spacial score (nSPS) is 18.5. The van der Waals surface area contributed by atoms with Crippen molar-refractivity contribution < 1.29 is 24.0 Å². The molecule has 0 radical (unpaired) electrons. The SMILES string of the molecule is Cc1noc(C)c1CSCC(=O)N1CCOC(CC(=O)O)C1. The number of carbonyl (C=O) groups excluding carboxylic acids is 1. The molecule has 1 fully saturated rings. The van der Waals surface area contributed by atoms with Crippen LogP contribution in [-0.4, -0.2) is 58.6 Å². The first-order valence-corrected chi connectivity index (χ1v) is 8.23. The van der Waals surface area contributed by atoms with Gasteiger partial charge in [0.1, 0.15) is 5.76 Å². The summed E-state index contributed by atoms with van der Waals surface area (Å²) in [6, 6.07) is 0. The molecule has 1 N–H and O–H groups in total. The van der Waals surface area contributed by atoms with Gasteiger partial charge >= 0.3 is 5.97 Å². The van der Waals surface area contributed by atoms with Gasteiger partial charge in [-0.3, -0.25) is 9.59 Å². The number of aromatic nitrogens is 1. The molecule has 1 unspecified atom stereocenters. The Bertz CT molecular complexity index is 526. The van der Waals surface area contributed by atoms with E-state index in [1.807, 2.05) is 13.8 Å². The van der Waals surface area contributed by atoms with E-state index in [1.165, 1.54) is 11.8 Å². The van der Waals surface area contributed by atoms with E-state index >= 15 is 0 Å². The molecule has 1 saturated heterocycles. The second-order valence-corrected chi connectivity index (χ2v) is 6.21. The maximum absolute atomic E-state index is 12.2. The first-order valence-electron chi connectivity index (χ1n) is 7.08. The molecule has 0 bridgehead atoms. The Balaban J connectivity index is 1.78. The number of aliphatic carboxylic acids is 1. The molecule has 8 heteroatoms. The molecule has 2 rings (SSSR count). The number of hydrogen-bond donors (Lipinski definition) is 1. The zero-order valence-corrected chi connectivity index (χ0v) is 13.5. The van der Waals surface area contributed by atoms with E-state index in [-0.39, 0.29) is 12.3 Å². The van der Waals surface area contributed by atoms with Crippen LogP contribution in [0.5, 0.6) is 0 Å². The first kappa shape index (κ1) is 16.8. The van der Waals surface area contributed by atoms with Crippen molar-refractivity contribution in [3.63, 3.8) is 0 Å². The lowest BCUT2D eigenvalue weighted by atomic mass is 10.2. The van der Waals surface area contributed by atoms with Crippen molar-refractivity contribution in [2.24, 2.45) is 0 Å². The van der Waals surface area contributed by atoms with Crippen molar-refractivity contribution >= 4 is 23.6 Å². The van der Waals surface area contributed by atoms with Crippen molar-refractivity contribution in [1.82, 2.24) is 10.1 Å². The number of rotatable bonds is 6. The highest BCUT2D eigenvalue weighted by Crippen LogP contribution is 2.20. The summed E-state index contributed by atoms with van der Waals surface area (Å²) in [5, 5.41) is 12.7. The molecule has 1 amide bonds. The van der Waals surface area contributed by atoms with Gasteiger partial charge in [0.2, 0.25) is 5.91 Å². The molecule has 0 aromatic carbocycles. The average Bonchev–Trinajstić information content (AvgIpc) is 2.78. The fraction of sp³-hybridized carbons (Fsp3) is 0.643. The summed E-state index contributed by atoms with van der Waals surface area (Å²) in [5.74, 6) is 0.910. The zero-order valence-electron chi connectivity index (χ0n) is 12.7. The van der Waals surface area contributed by atoms with Gasteiger partial charge in [0.15, 0.2) is 0 Å². The third-order valence-electron chi connectivity index (χ3n) is 3.55. The van der Waals surface area contributed by atoms with Gasteiger partial charge in [-0.05, 0) is 13.8 Å². The highest BCUT2D eigenvalue weighted by molar-refractivity contribution is 7.99. The number of thioether (sulfide) groups is 1. The van der Waals surface area contributed by atoms with E-state index in [9.17, 15) is 9.59 Å². The van der Waals surface area contributed by atoms with E-state index in [1.54, 1.807) is 4.90 Å². The van der Waals surface area contributed by atoms with E-state index in [4.69, 9.17) is 14.4 Å². The quantitative estimate of drug-likeness (QED) is 0.839. The van der Waals surface area contributed by atoms with Crippen LogP contribution in [0.4, 0.5) is 0 Å². The van der Waals surface area contributed by atoms with Crippen LogP contribution in [0.25, 0.3) is 0 Å². The Hall–Kier alpha value is -1.54. The molecule has 1 aromatic heterocycles. The van der Waals surface area contributed by atoms with Crippen LogP contribution in [0.15, 0.2) is 4.52 Å². The number of amides is 1. The summed E-state index contributed by atoms with van der Waals surface area (Å²) in [6.45, 7) is 4.99. The van der Waals surface area contributed by atoms with E-state index < -0.39 is 12.1 Å². The lowest BCUT2D eigenvalue weighted by Crippen LogP contribution is -2.46. The van der Waals surface area contributed by atoms with Crippen LogP contribution in [0.1, 0.15) is 23.4 Å². The summed E-state index contributed by atoms with van der Waals surface area (Å²) in [7, 11) is 0. The number of aryl methyl sites for hydroxylation is 2. The minimum absolute atomic E-state index is 0.00967. The van der Waals surface area contributed by atoms with Crippen molar-refractivity contribution in [3.8, 4) is 0 Å². The van der Waals surface area contributed by atoms with Crippen molar-refractivity contribution in [2.75, 3.05) is 25.4 Å². The molecule has 0 spiro atoms. The third-order valence-corrected chi connectivity index (χ3v) is 4.49. The van der Waals surface area contributed by atoms with Crippen LogP contribution in [0.3, 0.4) is 0 Å². The van der Waals surface area contributed by atoms with Crippen LogP contribution in [-0.2, 0) is 20.1 Å². The van der Waals surface area contributed by atoms with Crippen molar-refractivity contribution in [1.29, 1.82) is 0 Å². The van der Waals surface area contributed by atoms with Gasteiger partial charge in [-0.25, -0.2) is 0 Å². The summed E-state index contributed by atoms with van der Waals surface area (Å²) < 4.78 is 10.5. The van der Waals surface area contributed by atoms with Crippen LogP contribution in [0.2, 0.25) is 0 Å². The smallest absolute Gasteiger partial charge is 0.306 e. The van der Waals surface area contributed by atoms with E-state index in [2.05, 4.69) is 5.16 Å². The topological polar surface area (TPSA) is 92.9 Å². The largest absolute Gasteiger partial charge is 0.481 e. The zero-order chi connectivity index (χ0) is 16.1. The molecule has 1 aromatic rings. The minimum atomic E-state index is -0.910. The molecule has 1 aliphatic rings. The molecule has 22 heavy (non-hydrogen) atoms. The van der Waals surface area contributed by atoms with Gasteiger partial charge in [0.05, 0.1) is 30.6 Å². The fourth-order valence-corrected chi connectivity index (χ4v) is 3.38. The predicted molar refractivity (Wildman–Crippen MR) is 80.7 cm³/mol. The van der Waals surface area contributed by atoms with Crippen LogP contribution in [0, 0.1) is 13.8 Å². The highest BCUT2D eigenvalue weighted by atomic mass is 32.2. The molecular formula is C14H20N2O5S. The number of morpholine rings is 1. The second-order valence-electron chi connectivity index (χ2n) is 5.23. The van der Waals surface area contributed by atoms with Gasteiger partial charge in [0.25, 0.3) is 0 Å². The second kappa shape index (κ2) is 7.64. The van der Waals surface area contributed by atoms with Gasteiger partial charge in [-0.2, -0.15) is 0 Å². The number of carboxylic acid groups (broad SMARTS) is 1. The lowest BCUT2D eigenvalue weighted by Gasteiger charge is -2.32. The minimum Gasteiger partial charge on any atom is -0.481 e. The van der Waals surface area contributed by atoms with Gasteiger partial charge in [-0.1, -0.05) is 5.16 Å². The number of hydrogen-bond acceptors (Lipinski definition) is 6. The Kier molecular flexibility index (Phi) is 5.84. The fourth-order valence-electron chi connectivity index (χ4n) is 2.30. The third kappa shape index (κ3) is 4.48. The van der Waals surface area contributed by atoms with Gasteiger partial charge < -0.3 is 19.3 Å². The Morgan fingerprint density at radius 1 is 1.45 bits per heavy atom. The number of ether oxygens (including phenoxy) is 1. The maximum Gasteiger partial charge on any atom is 0.306 e. The molecule has 2 heterocycles. The van der Waals surface area contributed by atoms with Gasteiger partial charge in [-0.15, -0.1) is 11.8 Å². The molecule has 0 saturated carbocycles. The van der Waals surface area contributed by atoms with Crippen LogP contribution < -0.4 is 0 Å². The maximum atomic E-state index is 12.2. The molecular weight excluding hydrogens is 308 g/mol. The molecule has 0 aliphatic carbocycles. The molecule has 1 atom stereocenters. The first-order chi connectivity index (χ1) is 10.5. The summed E-state index contributed by atoms with van der Waals surface area (Å²) in [6.07, 6.45) is -0.488. The summed E-state index contributed by atoms with van der Waals surface area (Å²) >= 11 is 1.51. The van der Waals surface area contributed by atoms with Crippen LogP contribution >= 0.6 is 11.8 Å². The lowest BCUT2D eigenvalue weighted by molar-refractivity contribution is -0.146. The van der Waals surface area contributed by atoms with Crippen molar-refractivity contribution in [2.45, 2.75) is 32.1 Å². The number of nitrogens with zero attached hydrogens (tertiary/aromatic N) is 2. The summed E-state index contributed by atoms with van der Waals surface area (Å²) in [4.78, 5) is 24.6. The summed E-state index contributed by atoms with van der Waals surface area (Å²) in [5.41, 5.74) is 1.88. The van der Waals surface area contributed by atoms with Gasteiger partial charge in [0, 0.05) is 24.4 Å². The average molecular weight is 328 g/mol. The Morgan fingerprint density at radius 2 is 2.23 bits per heavy atom. The Morgan fingerprint density at radius 3 is 2.86 bits per heavy atom. The predicted octanol–water partition coefficient (Wildman–Crippen LogP) is 1.23. The standard InChI is InChI=1S/C14H20N2O5S/c1-9-12(10(2)21-15-9)7-22-8-13(17)16-3-4-20-11(6-16)5-14(18)19/h11H,3-8H2,1-2H3,(H,18,19). The van der Waals surface area contributed by atoms with E-state index in [0.717, 1.165) is 17.0 Å². The monoisotopic (exact) mass is 328 g/mol. The number of carboxylic acids is 1. The number of carbonyl (C=O) groups is 2. The van der Waals surface area contributed by atoms with E-state index in [0.29, 0.717) is 31.2 Å². The molecule has 7 nitrogen and oxygen atoms in total. The highest BCUT2D eigenvalue weighted by Gasteiger charge is 2.25.